The quantitative estimate of drug-likeness (QED) is 0.849. The van der Waals surface area contributed by atoms with Gasteiger partial charge < -0.3 is 10.2 Å². The largest absolute Gasteiger partial charge is 0.368 e. The highest BCUT2D eigenvalue weighted by molar-refractivity contribution is 5.95. The van der Waals surface area contributed by atoms with Crippen LogP contribution in [0.1, 0.15) is 18.9 Å². The topological polar surface area (TPSA) is 55.2 Å². The lowest BCUT2D eigenvalue weighted by Gasteiger charge is -2.46. The van der Waals surface area contributed by atoms with E-state index in [1.807, 2.05) is 12.1 Å². The second kappa shape index (κ2) is 7.57. The first-order valence-corrected chi connectivity index (χ1v) is 8.77. The minimum atomic E-state index is 0. The van der Waals surface area contributed by atoms with Crippen molar-refractivity contribution < 1.29 is 0 Å². The summed E-state index contributed by atoms with van der Waals surface area (Å²) in [7, 11) is 0. The van der Waals surface area contributed by atoms with E-state index in [0.29, 0.717) is 17.6 Å². The average molecular weight is 358 g/mol. The monoisotopic (exact) mass is 357 g/mol. The van der Waals surface area contributed by atoms with E-state index in [4.69, 9.17) is 0 Å². The van der Waals surface area contributed by atoms with Gasteiger partial charge in [-0.3, -0.25) is 9.88 Å². The van der Waals surface area contributed by atoms with Crippen molar-refractivity contribution in [1.82, 2.24) is 15.2 Å². The summed E-state index contributed by atoms with van der Waals surface area (Å²) in [5, 5.41) is 14.0. The first-order valence-electron chi connectivity index (χ1n) is 8.77. The van der Waals surface area contributed by atoms with E-state index in [2.05, 4.69) is 45.2 Å². The lowest BCUT2D eigenvalue weighted by molar-refractivity contribution is 0.130. The van der Waals surface area contributed by atoms with Crippen molar-refractivity contribution >= 4 is 29.0 Å². The number of anilines is 1. The van der Waals surface area contributed by atoms with Crippen LogP contribution in [0.25, 0.3) is 10.9 Å². The van der Waals surface area contributed by atoms with Gasteiger partial charge in [-0.1, -0.05) is 0 Å². The molecule has 3 heterocycles. The first kappa shape index (κ1) is 17.9. The number of nitrogens with one attached hydrogen (secondary N) is 1. The molecule has 0 unspecified atom stereocenters. The third kappa shape index (κ3) is 3.30. The molecule has 132 valence electrons. The molecule has 0 saturated carbocycles. The highest BCUT2D eigenvalue weighted by Gasteiger charge is 2.33. The Bertz CT molecular complexity index is 787. The number of benzene rings is 1. The van der Waals surface area contributed by atoms with Gasteiger partial charge in [0, 0.05) is 55.5 Å². The minimum absolute atomic E-state index is 0. The number of pyridine rings is 1. The Morgan fingerprint density at radius 3 is 2.96 bits per heavy atom. The molecule has 1 N–H and O–H groups in total. The van der Waals surface area contributed by atoms with Crippen molar-refractivity contribution in [3.8, 4) is 6.07 Å². The molecule has 2 aliphatic rings. The fraction of sp³-hybridized carbons (Fsp3) is 0.474. The highest BCUT2D eigenvalue weighted by Crippen LogP contribution is 2.31. The molecule has 1 aromatic heterocycles. The Balaban J connectivity index is 0.00000182. The molecule has 2 aromatic rings. The van der Waals surface area contributed by atoms with Crippen LogP contribution in [0.3, 0.4) is 0 Å². The zero-order valence-electron chi connectivity index (χ0n) is 14.5. The number of aromatic nitrogens is 1. The van der Waals surface area contributed by atoms with Gasteiger partial charge in [0.1, 0.15) is 6.07 Å². The van der Waals surface area contributed by atoms with Crippen LogP contribution in [0, 0.1) is 11.3 Å². The van der Waals surface area contributed by atoms with Crippen molar-refractivity contribution in [1.29, 1.82) is 5.26 Å². The predicted molar refractivity (Wildman–Crippen MR) is 103 cm³/mol. The van der Waals surface area contributed by atoms with Crippen LogP contribution in [0.5, 0.6) is 0 Å². The SMILES string of the molecule is C[C@@H]1CN(c2ccc(C#N)c3ncccc23)C[C@@H]2CCNCCN21.Cl. The molecule has 2 aliphatic heterocycles. The van der Waals surface area contributed by atoms with E-state index in [1.165, 1.54) is 12.1 Å². The summed E-state index contributed by atoms with van der Waals surface area (Å²) in [5.74, 6) is 0. The number of fused-ring (bicyclic) bond motifs is 2. The zero-order chi connectivity index (χ0) is 16.5. The number of halogens is 1. The van der Waals surface area contributed by atoms with Gasteiger partial charge >= 0.3 is 0 Å². The summed E-state index contributed by atoms with van der Waals surface area (Å²) < 4.78 is 0. The van der Waals surface area contributed by atoms with Crippen LogP contribution in [0.2, 0.25) is 0 Å². The van der Waals surface area contributed by atoms with Gasteiger partial charge in [0.05, 0.1) is 11.1 Å². The Labute approximate surface area is 155 Å². The number of piperazine rings is 1. The standard InChI is InChI=1S/C19H23N5.ClH/c1-14-12-23(13-16-6-8-21-9-10-24(14)16)18-5-4-15(11-20)19-17(18)3-2-7-22-19;/h2-5,7,14,16,21H,6,8-10,12-13H2,1H3;1H/t14-,16+;/m1./s1. The van der Waals surface area contributed by atoms with E-state index in [-0.39, 0.29) is 12.4 Å². The second-order valence-corrected chi connectivity index (χ2v) is 6.83. The summed E-state index contributed by atoms with van der Waals surface area (Å²) in [6, 6.07) is 11.4. The Hall–Kier alpha value is -1.87. The van der Waals surface area contributed by atoms with Gasteiger partial charge in [-0.15, -0.1) is 12.4 Å². The van der Waals surface area contributed by atoms with Crippen LogP contribution >= 0.6 is 12.4 Å². The van der Waals surface area contributed by atoms with Crippen LogP contribution in [0.4, 0.5) is 5.69 Å². The Morgan fingerprint density at radius 2 is 2.12 bits per heavy atom. The number of nitrogens with zero attached hydrogens (tertiary/aromatic N) is 4. The van der Waals surface area contributed by atoms with E-state index < -0.39 is 0 Å². The Kier molecular flexibility index (Phi) is 5.43. The van der Waals surface area contributed by atoms with Crippen molar-refractivity contribution in [3.63, 3.8) is 0 Å². The van der Waals surface area contributed by atoms with Gasteiger partial charge in [-0.2, -0.15) is 5.26 Å². The van der Waals surface area contributed by atoms with Crippen LogP contribution in [0.15, 0.2) is 30.5 Å². The van der Waals surface area contributed by atoms with Gasteiger partial charge in [-0.05, 0) is 44.2 Å². The zero-order valence-corrected chi connectivity index (χ0v) is 15.3. The van der Waals surface area contributed by atoms with Crippen LogP contribution in [-0.2, 0) is 0 Å². The molecule has 1 aromatic carbocycles. The van der Waals surface area contributed by atoms with Crippen molar-refractivity contribution in [2.45, 2.75) is 25.4 Å². The molecule has 2 fully saturated rings. The number of hydrogen-bond donors (Lipinski definition) is 1. The lowest BCUT2D eigenvalue weighted by Crippen LogP contribution is -2.58. The molecule has 6 heteroatoms. The number of nitriles is 1. The molecule has 0 amide bonds. The molecule has 0 aliphatic carbocycles. The molecular formula is C19H24ClN5. The predicted octanol–water partition coefficient (Wildman–Crippen LogP) is 2.40. The fourth-order valence-electron chi connectivity index (χ4n) is 4.20. The summed E-state index contributed by atoms with van der Waals surface area (Å²) in [5.41, 5.74) is 2.68. The van der Waals surface area contributed by atoms with E-state index >= 15 is 0 Å². The maximum atomic E-state index is 9.35. The molecule has 5 nitrogen and oxygen atoms in total. The molecule has 4 rings (SSSR count). The van der Waals surface area contributed by atoms with E-state index in [1.54, 1.807) is 6.20 Å². The Morgan fingerprint density at radius 1 is 1.24 bits per heavy atom. The lowest BCUT2D eigenvalue weighted by atomic mass is 10.0. The van der Waals surface area contributed by atoms with Crippen molar-refractivity contribution in [2.75, 3.05) is 37.6 Å². The van der Waals surface area contributed by atoms with Crippen molar-refractivity contribution in [2.24, 2.45) is 0 Å². The van der Waals surface area contributed by atoms with E-state index in [0.717, 1.165) is 43.6 Å². The smallest absolute Gasteiger partial charge is 0.101 e. The molecule has 25 heavy (non-hydrogen) atoms. The summed E-state index contributed by atoms with van der Waals surface area (Å²) in [6.07, 6.45) is 2.96. The fourth-order valence-corrected chi connectivity index (χ4v) is 4.20. The van der Waals surface area contributed by atoms with Gasteiger partial charge in [-0.25, -0.2) is 0 Å². The average Bonchev–Trinajstić information content (AvgIpc) is 2.86. The first-order chi connectivity index (χ1) is 11.8. The maximum absolute atomic E-state index is 9.35. The molecule has 0 radical (unpaired) electrons. The number of rotatable bonds is 1. The van der Waals surface area contributed by atoms with Crippen LogP contribution < -0.4 is 10.2 Å². The van der Waals surface area contributed by atoms with Gasteiger partial charge in [0.2, 0.25) is 0 Å². The minimum Gasteiger partial charge on any atom is -0.368 e. The second-order valence-electron chi connectivity index (χ2n) is 6.83. The van der Waals surface area contributed by atoms with Gasteiger partial charge in [0.25, 0.3) is 0 Å². The molecular weight excluding hydrogens is 334 g/mol. The molecule has 0 spiro atoms. The number of hydrogen-bond acceptors (Lipinski definition) is 5. The molecule has 0 bridgehead atoms. The third-order valence-electron chi connectivity index (χ3n) is 5.36. The third-order valence-corrected chi connectivity index (χ3v) is 5.36. The van der Waals surface area contributed by atoms with Crippen molar-refractivity contribution in [3.05, 3.63) is 36.0 Å². The molecule has 2 saturated heterocycles. The van der Waals surface area contributed by atoms with E-state index in [9.17, 15) is 5.26 Å². The highest BCUT2D eigenvalue weighted by atomic mass is 35.5. The van der Waals surface area contributed by atoms with Gasteiger partial charge in [0.15, 0.2) is 0 Å². The molecule has 2 atom stereocenters. The summed E-state index contributed by atoms with van der Waals surface area (Å²) in [6.45, 7) is 7.71. The van der Waals surface area contributed by atoms with Crippen LogP contribution in [-0.4, -0.2) is 54.7 Å². The normalized spacial score (nSPS) is 24.1. The summed E-state index contributed by atoms with van der Waals surface area (Å²) in [4.78, 5) is 9.60. The summed E-state index contributed by atoms with van der Waals surface area (Å²) >= 11 is 0. The maximum Gasteiger partial charge on any atom is 0.101 e.